The fourth-order valence-electron chi connectivity index (χ4n) is 2.47. The van der Waals surface area contributed by atoms with Crippen molar-refractivity contribution in [2.75, 3.05) is 20.1 Å². The van der Waals surface area contributed by atoms with Gasteiger partial charge in [-0.05, 0) is 36.7 Å². The molecular formula is C16H22BrN3. The number of nitrogens with zero attached hydrogens (tertiary/aromatic N) is 2. The van der Waals surface area contributed by atoms with Crippen molar-refractivity contribution in [1.29, 1.82) is 0 Å². The maximum Gasteiger partial charge on any atom is 0.0758 e. The van der Waals surface area contributed by atoms with Crippen LogP contribution in [0.2, 0.25) is 0 Å². The quantitative estimate of drug-likeness (QED) is 0.910. The summed E-state index contributed by atoms with van der Waals surface area (Å²) in [6.07, 6.45) is 1.85. The van der Waals surface area contributed by atoms with E-state index in [4.69, 9.17) is 5.73 Å². The molecule has 0 radical (unpaired) electrons. The van der Waals surface area contributed by atoms with Crippen molar-refractivity contribution in [1.82, 2.24) is 9.88 Å². The summed E-state index contributed by atoms with van der Waals surface area (Å²) in [6, 6.07) is 8.31. The highest BCUT2D eigenvalue weighted by molar-refractivity contribution is 9.10. The molecule has 0 amide bonds. The van der Waals surface area contributed by atoms with Crippen LogP contribution in [0.5, 0.6) is 0 Å². The molecule has 1 aromatic carbocycles. The number of fused-ring (bicyclic) bond motifs is 1. The molecule has 0 saturated heterocycles. The Morgan fingerprint density at radius 1 is 1.30 bits per heavy atom. The van der Waals surface area contributed by atoms with Crippen LogP contribution in [0, 0.1) is 5.41 Å². The maximum atomic E-state index is 5.81. The van der Waals surface area contributed by atoms with Crippen LogP contribution < -0.4 is 5.73 Å². The zero-order valence-electron chi connectivity index (χ0n) is 12.4. The van der Waals surface area contributed by atoms with E-state index >= 15 is 0 Å². The summed E-state index contributed by atoms with van der Waals surface area (Å²) in [4.78, 5) is 6.84. The minimum absolute atomic E-state index is 0.132. The molecule has 2 rings (SSSR count). The van der Waals surface area contributed by atoms with Gasteiger partial charge in [0.25, 0.3) is 0 Å². The van der Waals surface area contributed by atoms with Crippen molar-refractivity contribution < 1.29 is 0 Å². The number of halogens is 1. The summed E-state index contributed by atoms with van der Waals surface area (Å²) >= 11 is 3.59. The van der Waals surface area contributed by atoms with Crippen molar-refractivity contribution in [3.05, 3.63) is 40.5 Å². The SMILES string of the molecule is CN(Cc1ccc(Br)c2cccnc12)CC(C)(C)CN. The first-order valence-electron chi connectivity index (χ1n) is 6.84. The van der Waals surface area contributed by atoms with E-state index in [9.17, 15) is 0 Å². The number of pyridine rings is 1. The smallest absolute Gasteiger partial charge is 0.0758 e. The first-order valence-corrected chi connectivity index (χ1v) is 7.63. The van der Waals surface area contributed by atoms with E-state index in [2.05, 4.69) is 64.9 Å². The van der Waals surface area contributed by atoms with Crippen LogP contribution in [0.4, 0.5) is 0 Å². The molecule has 1 aromatic heterocycles. The Balaban J connectivity index is 2.24. The molecule has 0 aliphatic heterocycles. The van der Waals surface area contributed by atoms with E-state index in [1.165, 1.54) is 5.56 Å². The maximum absolute atomic E-state index is 5.81. The fourth-order valence-corrected chi connectivity index (χ4v) is 2.92. The molecule has 20 heavy (non-hydrogen) atoms. The largest absolute Gasteiger partial charge is 0.330 e. The van der Waals surface area contributed by atoms with Crippen LogP contribution in [0.1, 0.15) is 19.4 Å². The van der Waals surface area contributed by atoms with Gasteiger partial charge in [-0.25, -0.2) is 0 Å². The van der Waals surface area contributed by atoms with Crippen molar-refractivity contribution in [2.45, 2.75) is 20.4 Å². The third-order valence-corrected chi connectivity index (χ3v) is 4.18. The monoisotopic (exact) mass is 335 g/mol. The van der Waals surface area contributed by atoms with Gasteiger partial charge in [-0.15, -0.1) is 0 Å². The second kappa shape index (κ2) is 6.20. The average Bonchev–Trinajstić information content (AvgIpc) is 2.42. The van der Waals surface area contributed by atoms with Gasteiger partial charge in [0.15, 0.2) is 0 Å². The van der Waals surface area contributed by atoms with Gasteiger partial charge in [0, 0.05) is 29.1 Å². The predicted octanol–water partition coefficient (Wildman–Crippen LogP) is 3.41. The second-order valence-corrected chi connectivity index (χ2v) is 7.00. The third kappa shape index (κ3) is 3.57. The molecule has 1 heterocycles. The lowest BCUT2D eigenvalue weighted by Gasteiger charge is -2.29. The van der Waals surface area contributed by atoms with E-state index in [1.54, 1.807) is 0 Å². The molecule has 0 unspecified atom stereocenters. The molecule has 0 aliphatic carbocycles. The van der Waals surface area contributed by atoms with Crippen LogP contribution in [0.3, 0.4) is 0 Å². The molecule has 3 nitrogen and oxygen atoms in total. The topological polar surface area (TPSA) is 42.2 Å². The van der Waals surface area contributed by atoms with Crippen molar-refractivity contribution >= 4 is 26.8 Å². The third-order valence-electron chi connectivity index (χ3n) is 3.49. The van der Waals surface area contributed by atoms with Crippen LogP contribution in [0.25, 0.3) is 10.9 Å². The van der Waals surface area contributed by atoms with E-state index in [0.717, 1.165) is 28.5 Å². The lowest BCUT2D eigenvalue weighted by Crippen LogP contribution is -2.36. The molecule has 0 fully saturated rings. The van der Waals surface area contributed by atoms with Crippen LogP contribution >= 0.6 is 15.9 Å². The fraction of sp³-hybridized carbons (Fsp3) is 0.438. The molecular weight excluding hydrogens is 314 g/mol. The Labute approximate surface area is 129 Å². The number of hydrogen-bond acceptors (Lipinski definition) is 3. The molecule has 0 spiro atoms. The number of nitrogens with two attached hydrogens (primary N) is 1. The summed E-state index contributed by atoms with van der Waals surface area (Å²) < 4.78 is 1.09. The van der Waals surface area contributed by atoms with Crippen LogP contribution in [-0.2, 0) is 6.54 Å². The molecule has 2 N–H and O–H groups in total. The molecule has 0 atom stereocenters. The zero-order valence-corrected chi connectivity index (χ0v) is 13.9. The number of rotatable bonds is 5. The van der Waals surface area contributed by atoms with E-state index in [1.807, 2.05) is 12.3 Å². The van der Waals surface area contributed by atoms with Gasteiger partial charge in [-0.2, -0.15) is 0 Å². The van der Waals surface area contributed by atoms with Gasteiger partial charge in [0.1, 0.15) is 0 Å². The molecule has 0 aliphatic rings. The van der Waals surface area contributed by atoms with E-state index < -0.39 is 0 Å². The van der Waals surface area contributed by atoms with E-state index in [-0.39, 0.29) is 5.41 Å². The Morgan fingerprint density at radius 3 is 2.75 bits per heavy atom. The first-order chi connectivity index (χ1) is 9.43. The highest BCUT2D eigenvalue weighted by Crippen LogP contribution is 2.26. The summed E-state index contributed by atoms with van der Waals surface area (Å²) in [5, 5.41) is 1.16. The Hall–Kier alpha value is -0.970. The molecule has 4 heteroatoms. The van der Waals surface area contributed by atoms with Gasteiger partial charge in [-0.3, -0.25) is 4.98 Å². The van der Waals surface area contributed by atoms with Gasteiger partial charge in [-0.1, -0.05) is 41.9 Å². The number of aromatic nitrogens is 1. The standard InChI is InChI=1S/C16H22BrN3/c1-16(2,10-18)11-20(3)9-12-6-7-14(17)13-5-4-8-19-15(12)13/h4-8H,9-11,18H2,1-3H3. The van der Waals surface area contributed by atoms with Gasteiger partial charge < -0.3 is 10.6 Å². The minimum Gasteiger partial charge on any atom is -0.330 e. The lowest BCUT2D eigenvalue weighted by atomic mass is 9.93. The van der Waals surface area contributed by atoms with E-state index in [0.29, 0.717) is 6.54 Å². The first kappa shape index (κ1) is 15.4. The molecule has 108 valence electrons. The normalized spacial score (nSPS) is 12.3. The summed E-state index contributed by atoms with van der Waals surface area (Å²) in [5.41, 5.74) is 8.26. The second-order valence-electron chi connectivity index (χ2n) is 6.15. The average molecular weight is 336 g/mol. The highest BCUT2D eigenvalue weighted by Gasteiger charge is 2.18. The Kier molecular flexibility index (Phi) is 4.78. The molecule has 0 bridgehead atoms. The van der Waals surface area contributed by atoms with Gasteiger partial charge in [0.05, 0.1) is 5.52 Å². The summed E-state index contributed by atoms with van der Waals surface area (Å²) in [7, 11) is 2.13. The van der Waals surface area contributed by atoms with Crippen molar-refractivity contribution in [2.24, 2.45) is 11.1 Å². The number of hydrogen-bond donors (Lipinski definition) is 1. The van der Waals surface area contributed by atoms with Crippen LogP contribution in [0.15, 0.2) is 34.9 Å². The molecule has 0 saturated carbocycles. The van der Waals surface area contributed by atoms with Gasteiger partial charge in [0.2, 0.25) is 0 Å². The zero-order chi connectivity index (χ0) is 14.8. The lowest BCUT2D eigenvalue weighted by molar-refractivity contribution is 0.210. The van der Waals surface area contributed by atoms with Crippen LogP contribution in [-0.4, -0.2) is 30.0 Å². The van der Waals surface area contributed by atoms with Crippen molar-refractivity contribution in [3.8, 4) is 0 Å². The number of benzene rings is 1. The Bertz CT molecular complexity index is 595. The highest BCUT2D eigenvalue weighted by atomic mass is 79.9. The molecule has 2 aromatic rings. The summed E-state index contributed by atoms with van der Waals surface area (Å²) in [5.74, 6) is 0. The predicted molar refractivity (Wildman–Crippen MR) is 88.6 cm³/mol. The summed E-state index contributed by atoms with van der Waals surface area (Å²) in [6.45, 7) is 6.93. The Morgan fingerprint density at radius 2 is 2.05 bits per heavy atom. The van der Waals surface area contributed by atoms with Gasteiger partial charge >= 0.3 is 0 Å². The minimum atomic E-state index is 0.132. The van der Waals surface area contributed by atoms with Crippen molar-refractivity contribution in [3.63, 3.8) is 0 Å².